The van der Waals surface area contributed by atoms with E-state index in [1.807, 2.05) is 0 Å². The molecule has 19 heavy (non-hydrogen) atoms. The Morgan fingerprint density at radius 2 is 1.68 bits per heavy atom. The average Bonchev–Trinajstić information content (AvgIpc) is 2.42. The lowest BCUT2D eigenvalue weighted by molar-refractivity contribution is 0.588. The zero-order valence-electron chi connectivity index (χ0n) is 10.4. The Bertz CT molecular complexity index is 712. The van der Waals surface area contributed by atoms with E-state index in [4.69, 9.17) is 11.5 Å². The van der Waals surface area contributed by atoms with E-state index in [1.165, 1.54) is 7.05 Å². The number of rotatable bonds is 3. The molecule has 2 rings (SSSR count). The van der Waals surface area contributed by atoms with Crippen LogP contribution in [0.2, 0.25) is 0 Å². The highest BCUT2D eigenvalue weighted by atomic mass is 32.2. The summed E-state index contributed by atoms with van der Waals surface area (Å²) >= 11 is 0. The smallest absolute Gasteiger partial charge is 0.240 e. The molecule has 0 aliphatic heterocycles. The molecule has 0 aromatic heterocycles. The maximum Gasteiger partial charge on any atom is 0.240 e. The Kier molecular flexibility index (Phi) is 3.46. The standard InChI is InChI=1S/C13H15N3O2S/c1-16-19(17,18)13-5-3-2-4-10(13)9-6-7-11(14)12(15)8-9/h2-8,16H,14-15H2,1H3. The number of hydrogen-bond acceptors (Lipinski definition) is 4. The Hall–Kier alpha value is -2.05. The molecule has 0 saturated heterocycles. The van der Waals surface area contributed by atoms with Crippen LogP contribution in [0, 0.1) is 0 Å². The summed E-state index contributed by atoms with van der Waals surface area (Å²) in [4.78, 5) is 0.210. The lowest BCUT2D eigenvalue weighted by Crippen LogP contribution is -2.19. The Morgan fingerprint density at radius 3 is 2.32 bits per heavy atom. The van der Waals surface area contributed by atoms with Crippen molar-refractivity contribution in [2.45, 2.75) is 4.90 Å². The first-order valence-corrected chi connectivity index (χ1v) is 7.12. The van der Waals surface area contributed by atoms with Gasteiger partial charge in [0, 0.05) is 5.56 Å². The predicted molar refractivity (Wildman–Crippen MR) is 76.9 cm³/mol. The van der Waals surface area contributed by atoms with Crippen molar-refractivity contribution in [3.63, 3.8) is 0 Å². The van der Waals surface area contributed by atoms with Crippen molar-refractivity contribution in [1.29, 1.82) is 0 Å². The van der Waals surface area contributed by atoms with Gasteiger partial charge in [0.15, 0.2) is 0 Å². The molecule has 0 unspecified atom stereocenters. The molecular weight excluding hydrogens is 262 g/mol. The van der Waals surface area contributed by atoms with E-state index in [-0.39, 0.29) is 4.90 Å². The molecule has 5 N–H and O–H groups in total. The number of anilines is 2. The van der Waals surface area contributed by atoms with E-state index in [0.717, 1.165) is 0 Å². The van der Waals surface area contributed by atoms with Crippen LogP contribution in [0.3, 0.4) is 0 Å². The third kappa shape index (κ3) is 2.54. The number of benzene rings is 2. The second-order valence-electron chi connectivity index (χ2n) is 4.05. The molecule has 5 nitrogen and oxygen atoms in total. The number of hydrogen-bond donors (Lipinski definition) is 3. The van der Waals surface area contributed by atoms with Gasteiger partial charge < -0.3 is 11.5 Å². The Labute approximate surface area is 112 Å². The summed E-state index contributed by atoms with van der Waals surface area (Å²) in [5, 5.41) is 0. The van der Waals surface area contributed by atoms with Gasteiger partial charge in [0.25, 0.3) is 0 Å². The van der Waals surface area contributed by atoms with Crippen molar-refractivity contribution in [3.05, 3.63) is 42.5 Å². The zero-order chi connectivity index (χ0) is 14.0. The average molecular weight is 277 g/mol. The van der Waals surface area contributed by atoms with Gasteiger partial charge in [0.05, 0.1) is 16.3 Å². The molecule has 0 aliphatic rings. The van der Waals surface area contributed by atoms with Gasteiger partial charge in [-0.3, -0.25) is 0 Å². The van der Waals surface area contributed by atoms with Gasteiger partial charge in [0.1, 0.15) is 0 Å². The third-order valence-corrected chi connectivity index (χ3v) is 4.32. The maximum atomic E-state index is 12.0. The molecule has 0 aliphatic carbocycles. The molecule has 0 spiro atoms. The molecule has 0 radical (unpaired) electrons. The van der Waals surface area contributed by atoms with Crippen molar-refractivity contribution >= 4 is 21.4 Å². The van der Waals surface area contributed by atoms with Crippen LogP contribution in [-0.2, 0) is 10.0 Å². The van der Waals surface area contributed by atoms with E-state index in [2.05, 4.69) is 4.72 Å². The molecule has 0 saturated carbocycles. The van der Waals surface area contributed by atoms with Crippen LogP contribution < -0.4 is 16.2 Å². The van der Waals surface area contributed by atoms with Gasteiger partial charge in [-0.05, 0) is 30.8 Å². The van der Waals surface area contributed by atoms with Crippen LogP contribution in [-0.4, -0.2) is 15.5 Å². The second kappa shape index (κ2) is 4.91. The number of nitrogens with two attached hydrogens (primary N) is 2. The van der Waals surface area contributed by atoms with Crippen LogP contribution in [0.15, 0.2) is 47.4 Å². The van der Waals surface area contributed by atoms with Crippen molar-refractivity contribution in [2.75, 3.05) is 18.5 Å². The molecule has 0 heterocycles. The molecule has 0 fully saturated rings. The van der Waals surface area contributed by atoms with Gasteiger partial charge in [-0.15, -0.1) is 0 Å². The van der Waals surface area contributed by atoms with E-state index in [9.17, 15) is 8.42 Å². The Morgan fingerprint density at radius 1 is 1.00 bits per heavy atom. The SMILES string of the molecule is CNS(=O)(=O)c1ccccc1-c1ccc(N)c(N)c1. The van der Waals surface area contributed by atoms with Crippen LogP contribution in [0.5, 0.6) is 0 Å². The fraction of sp³-hybridized carbons (Fsp3) is 0.0769. The summed E-state index contributed by atoms with van der Waals surface area (Å²) in [5.41, 5.74) is 13.6. The number of sulfonamides is 1. The summed E-state index contributed by atoms with van der Waals surface area (Å²) in [5.74, 6) is 0. The molecule has 6 heteroatoms. The highest BCUT2D eigenvalue weighted by Gasteiger charge is 2.17. The lowest BCUT2D eigenvalue weighted by atomic mass is 10.0. The van der Waals surface area contributed by atoms with Gasteiger partial charge in [-0.1, -0.05) is 24.3 Å². The number of nitrogens with one attached hydrogen (secondary N) is 1. The van der Waals surface area contributed by atoms with E-state index in [0.29, 0.717) is 22.5 Å². The summed E-state index contributed by atoms with van der Waals surface area (Å²) in [6, 6.07) is 11.8. The van der Waals surface area contributed by atoms with Crippen molar-refractivity contribution in [2.24, 2.45) is 0 Å². The van der Waals surface area contributed by atoms with E-state index in [1.54, 1.807) is 42.5 Å². The predicted octanol–water partition coefficient (Wildman–Crippen LogP) is 1.43. The van der Waals surface area contributed by atoms with Gasteiger partial charge in [0.2, 0.25) is 10.0 Å². The van der Waals surface area contributed by atoms with Gasteiger partial charge in [-0.2, -0.15) is 0 Å². The lowest BCUT2D eigenvalue weighted by Gasteiger charge is -2.11. The summed E-state index contributed by atoms with van der Waals surface area (Å²) < 4.78 is 26.3. The molecule has 2 aromatic carbocycles. The third-order valence-electron chi connectivity index (χ3n) is 2.84. The largest absolute Gasteiger partial charge is 0.397 e. The van der Waals surface area contributed by atoms with Crippen LogP contribution in [0.1, 0.15) is 0 Å². The molecule has 2 aromatic rings. The van der Waals surface area contributed by atoms with Gasteiger partial charge in [-0.25, -0.2) is 13.1 Å². The first-order chi connectivity index (χ1) is 8.95. The van der Waals surface area contributed by atoms with E-state index >= 15 is 0 Å². The molecule has 0 amide bonds. The molecule has 0 atom stereocenters. The quantitative estimate of drug-likeness (QED) is 0.739. The van der Waals surface area contributed by atoms with Crippen LogP contribution >= 0.6 is 0 Å². The highest BCUT2D eigenvalue weighted by molar-refractivity contribution is 7.89. The summed E-state index contributed by atoms with van der Waals surface area (Å²) in [6.07, 6.45) is 0. The Balaban J connectivity index is 2.66. The second-order valence-corrected chi connectivity index (χ2v) is 5.90. The van der Waals surface area contributed by atoms with E-state index < -0.39 is 10.0 Å². The fourth-order valence-corrected chi connectivity index (χ4v) is 2.74. The van der Waals surface area contributed by atoms with Crippen LogP contribution in [0.4, 0.5) is 11.4 Å². The van der Waals surface area contributed by atoms with Crippen molar-refractivity contribution < 1.29 is 8.42 Å². The van der Waals surface area contributed by atoms with Crippen molar-refractivity contribution in [3.8, 4) is 11.1 Å². The van der Waals surface area contributed by atoms with Crippen molar-refractivity contribution in [1.82, 2.24) is 4.72 Å². The maximum absolute atomic E-state index is 12.0. The molecule has 0 bridgehead atoms. The zero-order valence-corrected chi connectivity index (χ0v) is 11.2. The first-order valence-electron chi connectivity index (χ1n) is 5.63. The minimum atomic E-state index is -3.52. The molecule has 100 valence electrons. The fourth-order valence-electron chi connectivity index (χ4n) is 1.79. The first kappa shape index (κ1) is 13.4. The topological polar surface area (TPSA) is 98.2 Å². The highest BCUT2D eigenvalue weighted by Crippen LogP contribution is 2.30. The van der Waals surface area contributed by atoms with Crippen LogP contribution in [0.25, 0.3) is 11.1 Å². The van der Waals surface area contributed by atoms with Gasteiger partial charge >= 0.3 is 0 Å². The minimum absolute atomic E-state index is 0.210. The normalized spacial score (nSPS) is 11.4. The summed E-state index contributed by atoms with van der Waals surface area (Å²) in [6.45, 7) is 0. The monoisotopic (exact) mass is 277 g/mol. The minimum Gasteiger partial charge on any atom is -0.397 e. The number of nitrogen functional groups attached to an aromatic ring is 2. The summed E-state index contributed by atoms with van der Waals surface area (Å²) in [7, 11) is -2.14. The molecular formula is C13H15N3O2S.